The Bertz CT molecular complexity index is 750. The zero-order chi connectivity index (χ0) is 21.7. The van der Waals surface area contributed by atoms with Crippen LogP contribution in [0.1, 0.15) is 69.2 Å². The molecule has 0 atom stereocenters. The molecule has 1 aliphatic heterocycles. The first kappa shape index (κ1) is 22.2. The summed E-state index contributed by atoms with van der Waals surface area (Å²) in [5.74, 6) is 1.04. The third kappa shape index (κ3) is 5.80. The number of carbonyl (C=O) groups is 2. The minimum absolute atomic E-state index is 0.0430. The third-order valence-corrected chi connectivity index (χ3v) is 6.57. The Morgan fingerprint density at radius 1 is 1.03 bits per heavy atom. The summed E-state index contributed by atoms with van der Waals surface area (Å²) in [5.41, 5.74) is 14.3. The van der Waals surface area contributed by atoms with Crippen LogP contribution in [0.3, 0.4) is 0 Å². The molecule has 0 unspecified atom stereocenters. The van der Waals surface area contributed by atoms with E-state index in [-0.39, 0.29) is 24.3 Å². The van der Waals surface area contributed by atoms with Crippen LogP contribution in [0, 0.1) is 11.8 Å². The lowest BCUT2D eigenvalue weighted by Gasteiger charge is -2.34. The largest absolute Gasteiger partial charge is 0.397 e. The number of rotatable bonds is 7. The van der Waals surface area contributed by atoms with Gasteiger partial charge in [0.1, 0.15) is 0 Å². The normalized spacial score (nSPS) is 22.5. The van der Waals surface area contributed by atoms with Crippen LogP contribution in [0.5, 0.6) is 0 Å². The van der Waals surface area contributed by atoms with E-state index in [0.29, 0.717) is 23.7 Å². The number of anilines is 3. The maximum absolute atomic E-state index is 13.2. The van der Waals surface area contributed by atoms with Crippen molar-refractivity contribution in [3.8, 4) is 0 Å². The standard InChI is InChI=1S/C23H37N5O2/c1-15-3-5-17(6-4-15)27-23(30)18-13-19(24)20(26-10-7-22(25)29)14-21(18)28-11-8-16(2)9-12-28/h13-17,26H,3-12,24H2,1-2H3,(H2,25,29)(H,27,30). The number of hydrogen-bond donors (Lipinski definition) is 4. The van der Waals surface area contributed by atoms with Crippen molar-refractivity contribution in [3.63, 3.8) is 0 Å². The molecule has 0 radical (unpaired) electrons. The second-order valence-electron chi connectivity index (χ2n) is 9.20. The van der Waals surface area contributed by atoms with Crippen molar-refractivity contribution in [1.29, 1.82) is 0 Å². The van der Waals surface area contributed by atoms with Crippen molar-refractivity contribution >= 4 is 28.9 Å². The summed E-state index contributed by atoms with van der Waals surface area (Å²) in [7, 11) is 0. The number of nitrogens with zero attached hydrogens (tertiary/aromatic N) is 1. The Balaban J connectivity index is 1.81. The molecule has 6 N–H and O–H groups in total. The van der Waals surface area contributed by atoms with Crippen molar-refractivity contribution in [2.45, 2.75) is 64.8 Å². The van der Waals surface area contributed by atoms with E-state index in [1.807, 2.05) is 6.07 Å². The van der Waals surface area contributed by atoms with Crippen molar-refractivity contribution in [2.75, 3.05) is 35.6 Å². The van der Waals surface area contributed by atoms with Gasteiger partial charge in [0.25, 0.3) is 5.91 Å². The van der Waals surface area contributed by atoms with Crippen molar-refractivity contribution in [2.24, 2.45) is 17.6 Å². The maximum atomic E-state index is 13.2. The summed E-state index contributed by atoms with van der Waals surface area (Å²) >= 11 is 0. The number of nitrogens with one attached hydrogen (secondary N) is 2. The van der Waals surface area contributed by atoms with Crippen LogP contribution in [0.25, 0.3) is 0 Å². The first-order valence-electron chi connectivity index (χ1n) is 11.3. The van der Waals surface area contributed by atoms with Gasteiger partial charge in [-0.25, -0.2) is 0 Å². The Morgan fingerprint density at radius 3 is 2.30 bits per heavy atom. The maximum Gasteiger partial charge on any atom is 0.253 e. The fourth-order valence-corrected chi connectivity index (χ4v) is 4.44. The van der Waals surface area contributed by atoms with E-state index in [1.165, 1.54) is 0 Å². The van der Waals surface area contributed by atoms with Crippen LogP contribution in [-0.2, 0) is 4.79 Å². The summed E-state index contributed by atoms with van der Waals surface area (Å²) in [6.07, 6.45) is 6.84. The first-order chi connectivity index (χ1) is 14.3. The molecule has 1 aromatic rings. The SMILES string of the molecule is CC1CCC(NC(=O)c2cc(N)c(NCCC(N)=O)cc2N2CCC(C)CC2)CC1. The summed E-state index contributed by atoms with van der Waals surface area (Å²) in [4.78, 5) is 26.6. The Hall–Kier alpha value is -2.44. The van der Waals surface area contributed by atoms with Crippen LogP contribution >= 0.6 is 0 Å². The van der Waals surface area contributed by atoms with Gasteiger partial charge >= 0.3 is 0 Å². The van der Waals surface area contributed by atoms with Crippen LogP contribution in [0.2, 0.25) is 0 Å². The number of nitrogen functional groups attached to an aromatic ring is 1. The second kappa shape index (κ2) is 10.0. The molecule has 3 rings (SSSR count). The van der Waals surface area contributed by atoms with E-state index < -0.39 is 0 Å². The van der Waals surface area contributed by atoms with E-state index in [9.17, 15) is 9.59 Å². The minimum atomic E-state index is -0.357. The zero-order valence-corrected chi connectivity index (χ0v) is 18.4. The molecule has 0 spiro atoms. The third-order valence-electron chi connectivity index (χ3n) is 6.57. The molecule has 1 aliphatic carbocycles. The van der Waals surface area contributed by atoms with E-state index in [1.54, 1.807) is 6.07 Å². The molecule has 1 heterocycles. The second-order valence-corrected chi connectivity index (χ2v) is 9.20. The average Bonchev–Trinajstić information content (AvgIpc) is 2.71. The molecule has 2 amide bonds. The number of benzene rings is 1. The van der Waals surface area contributed by atoms with Crippen molar-refractivity contribution in [1.82, 2.24) is 5.32 Å². The van der Waals surface area contributed by atoms with Gasteiger partial charge in [-0.3, -0.25) is 9.59 Å². The van der Waals surface area contributed by atoms with Crippen molar-refractivity contribution in [3.05, 3.63) is 17.7 Å². The molecule has 1 aromatic carbocycles. The monoisotopic (exact) mass is 415 g/mol. The molecule has 0 aromatic heterocycles. The first-order valence-corrected chi connectivity index (χ1v) is 11.3. The molecule has 1 saturated heterocycles. The Morgan fingerprint density at radius 2 is 1.67 bits per heavy atom. The van der Waals surface area contributed by atoms with Gasteiger partial charge in [-0.2, -0.15) is 0 Å². The lowest BCUT2D eigenvalue weighted by atomic mass is 9.87. The zero-order valence-electron chi connectivity index (χ0n) is 18.4. The predicted octanol–water partition coefficient (Wildman–Crippen LogP) is 3.10. The molecule has 1 saturated carbocycles. The fourth-order valence-electron chi connectivity index (χ4n) is 4.44. The van der Waals surface area contributed by atoms with Gasteiger partial charge in [-0.15, -0.1) is 0 Å². The highest BCUT2D eigenvalue weighted by atomic mass is 16.2. The summed E-state index contributed by atoms with van der Waals surface area (Å²) < 4.78 is 0. The predicted molar refractivity (Wildman–Crippen MR) is 123 cm³/mol. The van der Waals surface area contributed by atoms with Gasteiger partial charge in [-0.05, 0) is 62.5 Å². The molecule has 30 heavy (non-hydrogen) atoms. The van der Waals surface area contributed by atoms with Crippen LogP contribution in [0.15, 0.2) is 12.1 Å². The van der Waals surface area contributed by atoms with Gasteiger partial charge in [0.15, 0.2) is 0 Å². The molecule has 7 nitrogen and oxygen atoms in total. The fraction of sp³-hybridized carbons (Fsp3) is 0.652. The number of carbonyl (C=O) groups excluding carboxylic acids is 2. The topological polar surface area (TPSA) is 113 Å². The molecule has 7 heteroatoms. The summed E-state index contributed by atoms with van der Waals surface area (Å²) in [6, 6.07) is 3.97. The number of piperidine rings is 1. The van der Waals surface area contributed by atoms with E-state index in [4.69, 9.17) is 11.5 Å². The van der Waals surface area contributed by atoms with E-state index in [2.05, 4.69) is 29.4 Å². The summed E-state index contributed by atoms with van der Waals surface area (Å²) in [5, 5.41) is 6.45. The number of primary amides is 1. The number of nitrogens with two attached hydrogens (primary N) is 2. The molecule has 2 fully saturated rings. The molecule has 166 valence electrons. The van der Waals surface area contributed by atoms with Crippen LogP contribution in [0.4, 0.5) is 17.1 Å². The van der Waals surface area contributed by atoms with Crippen LogP contribution in [-0.4, -0.2) is 37.5 Å². The highest BCUT2D eigenvalue weighted by molar-refractivity contribution is 6.02. The van der Waals surface area contributed by atoms with Crippen molar-refractivity contribution < 1.29 is 9.59 Å². The van der Waals surface area contributed by atoms with E-state index in [0.717, 1.165) is 68.9 Å². The van der Waals surface area contributed by atoms with Gasteiger partial charge < -0.3 is 27.0 Å². The molecular formula is C23H37N5O2. The summed E-state index contributed by atoms with van der Waals surface area (Å²) in [6.45, 7) is 6.81. The molecule has 0 bridgehead atoms. The average molecular weight is 416 g/mol. The van der Waals surface area contributed by atoms with Gasteiger partial charge in [0.2, 0.25) is 5.91 Å². The van der Waals surface area contributed by atoms with Gasteiger partial charge in [0, 0.05) is 32.1 Å². The van der Waals surface area contributed by atoms with Gasteiger partial charge in [0.05, 0.1) is 22.6 Å². The number of hydrogen-bond acceptors (Lipinski definition) is 5. The Kier molecular flexibility index (Phi) is 7.45. The van der Waals surface area contributed by atoms with Crippen LogP contribution < -0.4 is 27.0 Å². The lowest BCUT2D eigenvalue weighted by Crippen LogP contribution is -2.39. The Labute approximate surface area is 179 Å². The minimum Gasteiger partial charge on any atom is -0.397 e. The lowest BCUT2D eigenvalue weighted by molar-refractivity contribution is -0.117. The quantitative estimate of drug-likeness (QED) is 0.511. The highest BCUT2D eigenvalue weighted by Crippen LogP contribution is 2.33. The van der Waals surface area contributed by atoms with Gasteiger partial charge in [-0.1, -0.05) is 13.8 Å². The molecular weight excluding hydrogens is 378 g/mol. The number of amides is 2. The highest BCUT2D eigenvalue weighted by Gasteiger charge is 2.25. The molecule has 2 aliphatic rings. The smallest absolute Gasteiger partial charge is 0.253 e. The van der Waals surface area contributed by atoms with E-state index >= 15 is 0 Å².